The average Bonchev–Trinajstić information content (AvgIpc) is 2.35. The van der Waals surface area contributed by atoms with Gasteiger partial charge in [0.1, 0.15) is 0 Å². The number of pyridine rings is 1. The lowest BCUT2D eigenvalue weighted by atomic mass is 10.2. The first kappa shape index (κ1) is 14.3. The molecule has 0 aliphatic rings. The second kappa shape index (κ2) is 8.34. The topological polar surface area (TPSA) is 25.4 Å². The van der Waals surface area contributed by atoms with Gasteiger partial charge in [-0.2, -0.15) is 0 Å². The van der Waals surface area contributed by atoms with Crippen molar-refractivity contribution >= 4 is 21.7 Å². The van der Waals surface area contributed by atoms with Crippen LogP contribution in [-0.2, 0) is 0 Å². The molecule has 0 unspecified atom stereocenters. The maximum Gasteiger partial charge on any atom is 0.171 e. The van der Waals surface area contributed by atoms with Gasteiger partial charge in [0.2, 0.25) is 0 Å². The number of rotatable bonds is 8. The van der Waals surface area contributed by atoms with Gasteiger partial charge >= 0.3 is 0 Å². The zero-order chi connectivity index (χ0) is 12.5. The van der Waals surface area contributed by atoms with Crippen molar-refractivity contribution in [1.82, 2.24) is 4.98 Å². The third-order valence-corrected chi connectivity index (χ3v) is 3.10. The summed E-state index contributed by atoms with van der Waals surface area (Å²) in [4.78, 5) is 6.55. The number of alkyl halides is 1. The summed E-state index contributed by atoms with van der Waals surface area (Å²) >= 11 is 3.45. The van der Waals surface area contributed by atoms with Crippen molar-refractivity contribution in [1.29, 1.82) is 0 Å². The van der Waals surface area contributed by atoms with E-state index in [2.05, 4.69) is 32.9 Å². The smallest absolute Gasteiger partial charge is 0.171 e. The maximum absolute atomic E-state index is 5.57. The second-order valence-corrected chi connectivity index (χ2v) is 4.72. The van der Waals surface area contributed by atoms with Gasteiger partial charge in [0, 0.05) is 25.1 Å². The molecule has 0 aliphatic heterocycles. The molecule has 1 aromatic rings. The van der Waals surface area contributed by atoms with E-state index in [9.17, 15) is 0 Å². The average molecular weight is 301 g/mol. The summed E-state index contributed by atoms with van der Waals surface area (Å²) in [7, 11) is 2.07. The van der Waals surface area contributed by atoms with Crippen molar-refractivity contribution in [2.45, 2.75) is 26.2 Å². The van der Waals surface area contributed by atoms with Crippen LogP contribution in [-0.4, -0.2) is 30.5 Å². The molecule has 3 nitrogen and oxygen atoms in total. The Morgan fingerprint density at radius 1 is 1.35 bits per heavy atom. The van der Waals surface area contributed by atoms with Gasteiger partial charge in [0.05, 0.1) is 6.61 Å². The molecule has 0 spiro atoms. The summed E-state index contributed by atoms with van der Waals surface area (Å²) in [5, 5.41) is 1.09. The number of hydrogen-bond donors (Lipinski definition) is 0. The van der Waals surface area contributed by atoms with E-state index in [0.717, 1.165) is 23.4 Å². The third kappa shape index (κ3) is 4.94. The van der Waals surface area contributed by atoms with E-state index in [0.29, 0.717) is 6.61 Å². The molecule has 0 fully saturated rings. The lowest BCUT2D eigenvalue weighted by Crippen LogP contribution is -2.20. The van der Waals surface area contributed by atoms with Gasteiger partial charge < -0.3 is 9.64 Å². The predicted octanol–water partition coefficient (Wildman–Crippen LogP) is 3.48. The first-order valence-electron chi connectivity index (χ1n) is 6.14. The fourth-order valence-electron chi connectivity index (χ4n) is 1.66. The third-order valence-electron chi connectivity index (χ3n) is 2.54. The normalized spacial score (nSPS) is 10.3. The van der Waals surface area contributed by atoms with Crippen molar-refractivity contribution in [3.05, 3.63) is 18.3 Å². The minimum absolute atomic E-state index is 0.677. The Morgan fingerprint density at radius 3 is 2.88 bits per heavy atom. The molecular weight excluding hydrogens is 280 g/mol. The van der Waals surface area contributed by atoms with Crippen LogP contribution in [0.3, 0.4) is 0 Å². The Labute approximate surface area is 112 Å². The summed E-state index contributed by atoms with van der Waals surface area (Å²) in [5.74, 6) is 1.81. The molecule has 0 aromatic carbocycles. The first-order valence-corrected chi connectivity index (χ1v) is 7.26. The molecule has 0 N–H and O–H groups in total. The number of nitrogens with zero attached hydrogens (tertiary/aromatic N) is 2. The maximum atomic E-state index is 5.57. The Hall–Kier alpha value is -0.770. The molecule has 4 heteroatoms. The van der Waals surface area contributed by atoms with Gasteiger partial charge in [-0.25, -0.2) is 4.98 Å². The molecule has 1 heterocycles. The molecule has 0 bridgehead atoms. The van der Waals surface area contributed by atoms with Crippen LogP contribution in [0.4, 0.5) is 5.82 Å². The Kier molecular flexibility index (Phi) is 7.01. The van der Waals surface area contributed by atoms with Crippen LogP contribution < -0.4 is 9.64 Å². The van der Waals surface area contributed by atoms with Crippen LogP contribution in [0.5, 0.6) is 5.75 Å². The monoisotopic (exact) mass is 300 g/mol. The van der Waals surface area contributed by atoms with Gasteiger partial charge in [0.25, 0.3) is 0 Å². The Balaban J connectivity index is 2.52. The van der Waals surface area contributed by atoms with E-state index in [-0.39, 0.29) is 0 Å². The number of anilines is 1. The van der Waals surface area contributed by atoms with Crippen molar-refractivity contribution in [3.63, 3.8) is 0 Å². The number of ether oxygens (including phenoxy) is 1. The largest absolute Gasteiger partial charge is 0.490 e. The van der Waals surface area contributed by atoms with Crippen LogP contribution in [0.15, 0.2) is 18.3 Å². The summed E-state index contributed by atoms with van der Waals surface area (Å²) in [6.45, 7) is 3.69. The highest BCUT2D eigenvalue weighted by atomic mass is 79.9. The molecule has 96 valence electrons. The zero-order valence-electron chi connectivity index (χ0n) is 10.7. The van der Waals surface area contributed by atoms with Crippen molar-refractivity contribution in [2.75, 3.05) is 30.4 Å². The second-order valence-electron chi connectivity index (χ2n) is 3.93. The molecule has 0 atom stereocenters. The van der Waals surface area contributed by atoms with Crippen LogP contribution in [0.1, 0.15) is 26.2 Å². The molecule has 0 amide bonds. The molecule has 1 rings (SSSR count). The number of halogens is 1. The van der Waals surface area contributed by atoms with Crippen LogP contribution >= 0.6 is 15.9 Å². The summed E-state index contributed by atoms with van der Waals surface area (Å²) in [5.41, 5.74) is 0. The molecule has 0 radical (unpaired) electrons. The number of hydrogen-bond acceptors (Lipinski definition) is 3. The fraction of sp³-hybridized carbons (Fsp3) is 0.615. The van der Waals surface area contributed by atoms with Crippen LogP contribution in [0.2, 0.25) is 0 Å². The highest BCUT2D eigenvalue weighted by Gasteiger charge is 2.08. The van der Waals surface area contributed by atoms with Gasteiger partial charge in [-0.15, -0.1) is 0 Å². The highest BCUT2D eigenvalue weighted by Crippen LogP contribution is 2.24. The van der Waals surface area contributed by atoms with E-state index >= 15 is 0 Å². The summed E-state index contributed by atoms with van der Waals surface area (Å²) in [6, 6.07) is 3.88. The van der Waals surface area contributed by atoms with Gasteiger partial charge in [0.15, 0.2) is 11.6 Å². The standard InChI is InChI=1S/C13H21BrN2O/c1-3-17-12-8-7-10-15-13(12)16(2)11-6-4-5-9-14/h7-8,10H,3-6,9,11H2,1-2H3. The van der Waals surface area contributed by atoms with Crippen LogP contribution in [0, 0.1) is 0 Å². The van der Waals surface area contributed by atoms with Gasteiger partial charge in [-0.3, -0.25) is 0 Å². The Morgan fingerprint density at radius 2 is 2.18 bits per heavy atom. The minimum atomic E-state index is 0.677. The van der Waals surface area contributed by atoms with E-state index < -0.39 is 0 Å². The quantitative estimate of drug-likeness (QED) is 0.543. The minimum Gasteiger partial charge on any atom is -0.490 e. The predicted molar refractivity (Wildman–Crippen MR) is 76.3 cm³/mol. The molecule has 0 saturated carbocycles. The molecule has 0 aliphatic carbocycles. The molecule has 17 heavy (non-hydrogen) atoms. The highest BCUT2D eigenvalue weighted by molar-refractivity contribution is 9.09. The van der Waals surface area contributed by atoms with Crippen molar-refractivity contribution in [3.8, 4) is 5.75 Å². The SMILES string of the molecule is CCOc1cccnc1N(C)CCCCCBr. The lowest BCUT2D eigenvalue weighted by molar-refractivity contribution is 0.339. The van der Waals surface area contributed by atoms with Crippen LogP contribution in [0.25, 0.3) is 0 Å². The number of aromatic nitrogens is 1. The number of unbranched alkanes of at least 4 members (excludes halogenated alkanes) is 2. The summed E-state index contributed by atoms with van der Waals surface area (Å²) < 4.78 is 5.57. The van der Waals surface area contributed by atoms with Crippen molar-refractivity contribution < 1.29 is 4.74 Å². The summed E-state index contributed by atoms with van der Waals surface area (Å²) in [6.07, 6.45) is 5.47. The molecule has 1 aromatic heterocycles. The fourth-order valence-corrected chi connectivity index (χ4v) is 2.06. The van der Waals surface area contributed by atoms with Gasteiger partial charge in [-0.05, 0) is 31.9 Å². The van der Waals surface area contributed by atoms with Gasteiger partial charge in [-0.1, -0.05) is 22.4 Å². The molecular formula is C13H21BrN2O. The zero-order valence-corrected chi connectivity index (χ0v) is 12.2. The van der Waals surface area contributed by atoms with Crippen molar-refractivity contribution in [2.24, 2.45) is 0 Å². The van der Waals surface area contributed by atoms with E-state index in [1.165, 1.54) is 19.3 Å². The van der Waals surface area contributed by atoms with E-state index in [1.807, 2.05) is 25.3 Å². The molecule has 0 saturated heterocycles. The van der Waals surface area contributed by atoms with E-state index in [4.69, 9.17) is 4.74 Å². The lowest BCUT2D eigenvalue weighted by Gasteiger charge is -2.20. The Bertz CT molecular complexity index is 320. The van der Waals surface area contributed by atoms with E-state index in [1.54, 1.807) is 0 Å². The first-order chi connectivity index (χ1) is 8.29.